The average molecular weight is 275 g/mol. The minimum absolute atomic E-state index is 0.205. The molecule has 0 amide bonds. The number of hydrogen-bond donors (Lipinski definition) is 1. The number of benzene rings is 3. The molecule has 1 aromatic heterocycles. The van der Waals surface area contributed by atoms with Crippen molar-refractivity contribution in [1.29, 1.82) is 0 Å². The van der Waals surface area contributed by atoms with Gasteiger partial charge in [0.1, 0.15) is 11.3 Å². The number of aromatic nitrogens is 1. The van der Waals surface area contributed by atoms with E-state index in [1.54, 1.807) is 0 Å². The quantitative estimate of drug-likeness (QED) is 0.549. The number of phenolic OH excluding ortho intramolecular Hbond substituents is 1. The van der Waals surface area contributed by atoms with Crippen molar-refractivity contribution in [2.75, 3.05) is 0 Å². The number of aromatic hydroxyl groups is 1. The van der Waals surface area contributed by atoms with Crippen LogP contribution in [0.2, 0.25) is 0 Å². The maximum atomic E-state index is 10.5. The van der Waals surface area contributed by atoms with E-state index in [-0.39, 0.29) is 5.75 Å². The lowest BCUT2D eigenvalue weighted by Gasteiger charge is -2.04. The van der Waals surface area contributed by atoms with Crippen LogP contribution in [-0.4, -0.2) is 10.1 Å². The zero-order valence-electron chi connectivity index (χ0n) is 11.5. The van der Waals surface area contributed by atoms with Gasteiger partial charge in [-0.1, -0.05) is 36.4 Å². The second-order valence-electron chi connectivity index (χ2n) is 5.17. The van der Waals surface area contributed by atoms with Gasteiger partial charge in [0.05, 0.1) is 5.56 Å². The molecule has 1 heterocycles. The Labute approximate surface area is 121 Å². The maximum absolute atomic E-state index is 10.5. The predicted octanol–water partition coefficient (Wildman–Crippen LogP) is 4.66. The van der Waals surface area contributed by atoms with E-state index in [2.05, 4.69) is 4.98 Å². The lowest BCUT2D eigenvalue weighted by molar-refractivity contribution is 0.480. The van der Waals surface area contributed by atoms with Crippen molar-refractivity contribution in [3.8, 4) is 17.2 Å². The van der Waals surface area contributed by atoms with Crippen molar-refractivity contribution in [1.82, 2.24) is 4.98 Å². The molecule has 3 aromatic carbocycles. The van der Waals surface area contributed by atoms with Gasteiger partial charge in [0, 0.05) is 5.39 Å². The molecular weight excluding hydrogens is 262 g/mol. The van der Waals surface area contributed by atoms with Gasteiger partial charge in [-0.2, -0.15) is 0 Å². The molecule has 102 valence electrons. The summed E-state index contributed by atoms with van der Waals surface area (Å²) in [5, 5.41) is 12.3. The predicted molar refractivity (Wildman–Crippen MR) is 83.4 cm³/mol. The van der Waals surface area contributed by atoms with Crippen molar-refractivity contribution >= 4 is 21.9 Å². The summed E-state index contributed by atoms with van der Waals surface area (Å²) in [6, 6.07) is 17.4. The molecule has 1 N–H and O–H groups in total. The fourth-order valence-electron chi connectivity index (χ4n) is 2.58. The molecule has 3 nitrogen and oxygen atoms in total. The average Bonchev–Trinajstić information content (AvgIpc) is 2.90. The van der Waals surface area contributed by atoms with Gasteiger partial charge in [-0.05, 0) is 36.1 Å². The van der Waals surface area contributed by atoms with E-state index in [4.69, 9.17) is 4.42 Å². The number of aryl methyl sites for hydroxylation is 1. The van der Waals surface area contributed by atoms with Crippen molar-refractivity contribution in [3.05, 3.63) is 60.2 Å². The summed E-state index contributed by atoms with van der Waals surface area (Å²) >= 11 is 0. The Morgan fingerprint density at radius 2 is 1.86 bits per heavy atom. The summed E-state index contributed by atoms with van der Waals surface area (Å²) in [6.45, 7) is 2.02. The Hall–Kier alpha value is -2.81. The molecular formula is C18H13NO2. The monoisotopic (exact) mass is 275 g/mol. The van der Waals surface area contributed by atoms with Gasteiger partial charge >= 0.3 is 0 Å². The third-order valence-electron chi connectivity index (χ3n) is 3.67. The number of hydrogen-bond acceptors (Lipinski definition) is 3. The molecule has 0 aliphatic rings. The first-order valence-corrected chi connectivity index (χ1v) is 6.81. The minimum Gasteiger partial charge on any atom is -0.506 e. The first kappa shape index (κ1) is 12.0. The first-order valence-electron chi connectivity index (χ1n) is 6.81. The molecule has 0 bridgehead atoms. The molecule has 0 saturated heterocycles. The molecule has 0 radical (unpaired) electrons. The van der Waals surface area contributed by atoms with E-state index in [0.717, 1.165) is 27.4 Å². The number of rotatable bonds is 1. The van der Waals surface area contributed by atoms with Crippen LogP contribution in [0.1, 0.15) is 5.56 Å². The van der Waals surface area contributed by atoms with Crippen LogP contribution in [0.4, 0.5) is 0 Å². The SMILES string of the molecule is Cc1ccc2oc(-c3ccc4ccccc4c3O)nc2c1. The smallest absolute Gasteiger partial charge is 0.231 e. The molecule has 0 unspecified atom stereocenters. The minimum atomic E-state index is 0.205. The molecule has 4 aromatic rings. The third-order valence-corrected chi connectivity index (χ3v) is 3.67. The number of fused-ring (bicyclic) bond motifs is 2. The third kappa shape index (κ3) is 1.86. The zero-order valence-corrected chi connectivity index (χ0v) is 11.5. The maximum Gasteiger partial charge on any atom is 0.231 e. The second-order valence-corrected chi connectivity index (χ2v) is 5.17. The summed E-state index contributed by atoms with van der Waals surface area (Å²) in [7, 11) is 0. The Morgan fingerprint density at radius 3 is 2.76 bits per heavy atom. The molecule has 0 spiro atoms. The number of phenols is 1. The number of oxazole rings is 1. The van der Waals surface area contributed by atoms with Gasteiger partial charge < -0.3 is 9.52 Å². The van der Waals surface area contributed by atoms with Gasteiger partial charge in [-0.25, -0.2) is 4.98 Å². The molecule has 0 aliphatic carbocycles. The van der Waals surface area contributed by atoms with Gasteiger partial charge in [0.2, 0.25) is 5.89 Å². The highest BCUT2D eigenvalue weighted by Gasteiger charge is 2.14. The van der Waals surface area contributed by atoms with Crippen molar-refractivity contribution in [3.63, 3.8) is 0 Å². The van der Waals surface area contributed by atoms with Crippen LogP contribution in [0.3, 0.4) is 0 Å². The van der Waals surface area contributed by atoms with Crippen molar-refractivity contribution in [2.24, 2.45) is 0 Å². The summed E-state index contributed by atoms with van der Waals surface area (Å²) in [6.07, 6.45) is 0. The second kappa shape index (κ2) is 4.35. The van der Waals surface area contributed by atoms with Gasteiger partial charge in [0.25, 0.3) is 0 Å². The van der Waals surface area contributed by atoms with E-state index >= 15 is 0 Å². The largest absolute Gasteiger partial charge is 0.506 e. The number of nitrogens with zero attached hydrogens (tertiary/aromatic N) is 1. The molecule has 3 heteroatoms. The lowest BCUT2D eigenvalue weighted by Crippen LogP contribution is -1.81. The van der Waals surface area contributed by atoms with E-state index in [1.807, 2.05) is 61.5 Å². The Morgan fingerprint density at radius 1 is 1.00 bits per heavy atom. The van der Waals surface area contributed by atoms with Crippen LogP contribution in [0, 0.1) is 6.92 Å². The van der Waals surface area contributed by atoms with E-state index in [0.29, 0.717) is 11.5 Å². The Balaban J connectivity index is 1.97. The molecule has 0 fully saturated rings. The Kier molecular flexibility index (Phi) is 2.48. The molecule has 0 saturated carbocycles. The van der Waals surface area contributed by atoms with Crippen LogP contribution in [0.25, 0.3) is 33.3 Å². The van der Waals surface area contributed by atoms with E-state index in [1.165, 1.54) is 0 Å². The van der Waals surface area contributed by atoms with E-state index < -0.39 is 0 Å². The van der Waals surface area contributed by atoms with Crippen LogP contribution in [0.5, 0.6) is 5.75 Å². The van der Waals surface area contributed by atoms with Crippen LogP contribution >= 0.6 is 0 Å². The van der Waals surface area contributed by atoms with Gasteiger partial charge in [-0.15, -0.1) is 0 Å². The van der Waals surface area contributed by atoms with Crippen LogP contribution < -0.4 is 0 Å². The summed E-state index contributed by atoms with van der Waals surface area (Å²) in [5.41, 5.74) is 3.27. The Bertz CT molecular complexity index is 969. The van der Waals surface area contributed by atoms with Crippen molar-refractivity contribution in [2.45, 2.75) is 6.92 Å². The van der Waals surface area contributed by atoms with Crippen molar-refractivity contribution < 1.29 is 9.52 Å². The normalized spacial score (nSPS) is 11.3. The molecule has 21 heavy (non-hydrogen) atoms. The first-order chi connectivity index (χ1) is 10.2. The highest BCUT2D eigenvalue weighted by molar-refractivity contribution is 5.94. The summed E-state index contributed by atoms with van der Waals surface area (Å²) in [4.78, 5) is 4.48. The van der Waals surface area contributed by atoms with Gasteiger partial charge in [-0.3, -0.25) is 0 Å². The van der Waals surface area contributed by atoms with Crippen LogP contribution in [-0.2, 0) is 0 Å². The zero-order chi connectivity index (χ0) is 14.4. The lowest BCUT2D eigenvalue weighted by atomic mass is 10.1. The summed E-state index contributed by atoms with van der Waals surface area (Å²) in [5.74, 6) is 0.648. The fourth-order valence-corrected chi connectivity index (χ4v) is 2.58. The fraction of sp³-hybridized carbons (Fsp3) is 0.0556. The highest BCUT2D eigenvalue weighted by Crippen LogP contribution is 2.36. The van der Waals surface area contributed by atoms with Gasteiger partial charge in [0.15, 0.2) is 5.58 Å². The van der Waals surface area contributed by atoms with E-state index in [9.17, 15) is 5.11 Å². The summed E-state index contributed by atoms with van der Waals surface area (Å²) < 4.78 is 5.77. The molecule has 4 rings (SSSR count). The highest BCUT2D eigenvalue weighted by atomic mass is 16.3. The molecule has 0 atom stereocenters. The molecule has 0 aliphatic heterocycles. The topological polar surface area (TPSA) is 46.3 Å². The standard InChI is InChI=1S/C18H13NO2/c1-11-6-9-16-15(10-11)19-18(21-16)14-8-7-12-4-2-3-5-13(12)17(14)20/h2-10,20H,1H3. The van der Waals surface area contributed by atoms with Crippen LogP contribution in [0.15, 0.2) is 59.0 Å².